The molecule has 3 rings (SSSR count). The zero-order valence-corrected chi connectivity index (χ0v) is 22.6. The Morgan fingerprint density at radius 3 is 2.35 bits per heavy atom. The SMILES string of the molecule is CCn1c(CC2CCN(C(=O)C(CC(C)C)N3CCN[C@@H](CC(C)C)C3=O)CC2)nc(C)c1C. The minimum Gasteiger partial charge on any atom is -0.341 e. The molecule has 1 aromatic rings. The van der Waals surface area contributed by atoms with E-state index in [9.17, 15) is 9.59 Å². The quantitative estimate of drug-likeness (QED) is 0.595. The van der Waals surface area contributed by atoms with E-state index in [2.05, 4.69) is 58.4 Å². The molecule has 7 nitrogen and oxygen atoms in total. The van der Waals surface area contributed by atoms with Gasteiger partial charge in [0.2, 0.25) is 11.8 Å². The van der Waals surface area contributed by atoms with Crippen LogP contribution in [-0.2, 0) is 22.6 Å². The second-order valence-electron chi connectivity index (χ2n) is 11.2. The van der Waals surface area contributed by atoms with Crippen LogP contribution in [-0.4, -0.2) is 69.4 Å². The minimum absolute atomic E-state index is 0.103. The van der Waals surface area contributed by atoms with Gasteiger partial charge in [-0.1, -0.05) is 27.7 Å². The van der Waals surface area contributed by atoms with Crippen molar-refractivity contribution in [3.63, 3.8) is 0 Å². The minimum atomic E-state index is -0.342. The summed E-state index contributed by atoms with van der Waals surface area (Å²) < 4.78 is 2.33. The summed E-state index contributed by atoms with van der Waals surface area (Å²) in [5, 5.41) is 3.38. The highest BCUT2D eigenvalue weighted by Gasteiger charge is 2.39. The highest BCUT2D eigenvalue weighted by Crippen LogP contribution is 2.26. The van der Waals surface area contributed by atoms with Crippen LogP contribution in [0.2, 0.25) is 0 Å². The lowest BCUT2D eigenvalue weighted by Gasteiger charge is -2.42. The third kappa shape index (κ3) is 6.21. The molecule has 1 unspecified atom stereocenters. The predicted molar refractivity (Wildman–Crippen MR) is 137 cm³/mol. The maximum atomic E-state index is 13.7. The van der Waals surface area contributed by atoms with Gasteiger partial charge in [-0.25, -0.2) is 4.98 Å². The fraction of sp³-hybridized carbons (Fsp3) is 0.815. The number of imidazole rings is 1. The summed E-state index contributed by atoms with van der Waals surface area (Å²) in [5.74, 6) is 2.78. The van der Waals surface area contributed by atoms with Crippen LogP contribution in [0.5, 0.6) is 0 Å². The van der Waals surface area contributed by atoms with Crippen molar-refractivity contribution in [2.75, 3.05) is 26.2 Å². The zero-order chi connectivity index (χ0) is 25.0. The number of aryl methyl sites for hydroxylation is 1. The predicted octanol–water partition coefficient (Wildman–Crippen LogP) is 3.56. The molecule has 2 saturated heterocycles. The summed E-state index contributed by atoms with van der Waals surface area (Å²) in [4.78, 5) is 35.8. The standard InChI is InChI=1S/C27H47N5O2/c1-8-31-21(7)20(6)29-25(31)17-22-9-12-30(13-10-22)27(34)24(16-19(4)5)32-14-11-28-23(26(32)33)15-18(2)3/h18-19,22-24,28H,8-17H2,1-7H3/t23-,24?/m0/s1. The summed E-state index contributed by atoms with van der Waals surface area (Å²) in [6.07, 6.45) is 4.52. The lowest BCUT2D eigenvalue weighted by atomic mass is 9.91. The molecule has 2 aliphatic heterocycles. The summed E-state index contributed by atoms with van der Waals surface area (Å²) in [7, 11) is 0. The highest BCUT2D eigenvalue weighted by atomic mass is 16.2. The lowest BCUT2D eigenvalue weighted by molar-refractivity contribution is -0.150. The van der Waals surface area contributed by atoms with E-state index in [4.69, 9.17) is 4.98 Å². The maximum Gasteiger partial charge on any atom is 0.245 e. The molecule has 7 heteroatoms. The molecule has 2 atom stereocenters. The molecule has 192 valence electrons. The van der Waals surface area contributed by atoms with Crippen LogP contribution in [0.3, 0.4) is 0 Å². The van der Waals surface area contributed by atoms with Crippen molar-refractivity contribution in [3.05, 3.63) is 17.2 Å². The first-order valence-corrected chi connectivity index (χ1v) is 13.5. The maximum absolute atomic E-state index is 13.7. The van der Waals surface area contributed by atoms with Crippen LogP contribution in [0.4, 0.5) is 0 Å². The van der Waals surface area contributed by atoms with E-state index < -0.39 is 0 Å². The average Bonchev–Trinajstić information content (AvgIpc) is 3.05. The smallest absolute Gasteiger partial charge is 0.245 e. The number of amides is 2. The molecule has 0 spiro atoms. The van der Waals surface area contributed by atoms with Gasteiger partial charge in [-0.05, 0) is 64.2 Å². The van der Waals surface area contributed by atoms with E-state index >= 15 is 0 Å². The fourth-order valence-corrected chi connectivity index (χ4v) is 5.66. The second kappa shape index (κ2) is 11.7. The van der Waals surface area contributed by atoms with Crippen LogP contribution < -0.4 is 5.32 Å². The summed E-state index contributed by atoms with van der Waals surface area (Å²) in [5.41, 5.74) is 2.38. The molecule has 1 aromatic heterocycles. The van der Waals surface area contributed by atoms with Gasteiger partial charge < -0.3 is 19.7 Å². The number of piperidine rings is 1. The van der Waals surface area contributed by atoms with Gasteiger partial charge in [0.05, 0.1) is 11.7 Å². The average molecular weight is 474 g/mol. The second-order valence-corrected chi connectivity index (χ2v) is 11.2. The summed E-state index contributed by atoms with van der Waals surface area (Å²) in [6, 6.07) is -0.513. The van der Waals surface area contributed by atoms with E-state index in [0.29, 0.717) is 24.3 Å². The summed E-state index contributed by atoms with van der Waals surface area (Å²) >= 11 is 0. The topological polar surface area (TPSA) is 70.5 Å². The normalized spacial score (nSPS) is 21.1. The Bertz CT molecular complexity index is 838. The van der Waals surface area contributed by atoms with E-state index in [1.54, 1.807) is 0 Å². The van der Waals surface area contributed by atoms with Gasteiger partial charge in [-0.15, -0.1) is 0 Å². The molecule has 3 heterocycles. The Balaban J connectivity index is 1.65. The molecular formula is C27H47N5O2. The number of likely N-dealkylation sites (tertiary alicyclic amines) is 1. The largest absolute Gasteiger partial charge is 0.341 e. The van der Waals surface area contributed by atoms with Crippen molar-refractivity contribution >= 4 is 11.8 Å². The zero-order valence-electron chi connectivity index (χ0n) is 22.6. The molecule has 2 amide bonds. The first-order valence-electron chi connectivity index (χ1n) is 13.5. The Morgan fingerprint density at radius 2 is 1.76 bits per heavy atom. The third-order valence-electron chi connectivity index (χ3n) is 7.64. The number of carbonyl (C=O) groups excluding carboxylic acids is 2. The van der Waals surface area contributed by atoms with Gasteiger partial charge in [0, 0.05) is 44.8 Å². The number of hydrogen-bond acceptors (Lipinski definition) is 4. The molecule has 34 heavy (non-hydrogen) atoms. The molecule has 0 radical (unpaired) electrons. The van der Waals surface area contributed by atoms with Gasteiger partial charge in [0.25, 0.3) is 0 Å². The fourth-order valence-electron chi connectivity index (χ4n) is 5.66. The monoisotopic (exact) mass is 473 g/mol. The first-order chi connectivity index (χ1) is 16.1. The Hall–Kier alpha value is -1.89. The molecule has 0 bridgehead atoms. The number of hydrogen-bond donors (Lipinski definition) is 1. The van der Waals surface area contributed by atoms with Gasteiger partial charge in [-0.2, -0.15) is 0 Å². The molecule has 0 aromatic carbocycles. The number of aromatic nitrogens is 2. The first kappa shape index (κ1) is 26.7. The van der Waals surface area contributed by atoms with Crippen molar-refractivity contribution in [2.24, 2.45) is 17.8 Å². The number of piperazine rings is 1. The highest BCUT2D eigenvalue weighted by molar-refractivity contribution is 5.90. The van der Waals surface area contributed by atoms with Crippen molar-refractivity contribution in [1.82, 2.24) is 24.7 Å². The van der Waals surface area contributed by atoms with Crippen molar-refractivity contribution in [3.8, 4) is 0 Å². The number of nitrogens with zero attached hydrogens (tertiary/aromatic N) is 4. The van der Waals surface area contributed by atoms with Crippen LogP contribution >= 0.6 is 0 Å². The van der Waals surface area contributed by atoms with Gasteiger partial charge in [0.1, 0.15) is 11.9 Å². The van der Waals surface area contributed by atoms with Crippen molar-refractivity contribution in [2.45, 2.75) is 99.2 Å². The molecule has 0 saturated carbocycles. The molecule has 0 aliphatic carbocycles. The van der Waals surface area contributed by atoms with Crippen LogP contribution in [0.15, 0.2) is 0 Å². The van der Waals surface area contributed by atoms with Crippen molar-refractivity contribution in [1.29, 1.82) is 0 Å². The van der Waals surface area contributed by atoms with Crippen LogP contribution in [0.25, 0.3) is 0 Å². The molecule has 2 aliphatic rings. The van der Waals surface area contributed by atoms with E-state index in [-0.39, 0.29) is 23.9 Å². The number of carbonyl (C=O) groups is 2. The Morgan fingerprint density at radius 1 is 1.09 bits per heavy atom. The number of rotatable bonds is 9. The van der Waals surface area contributed by atoms with Gasteiger partial charge in [0.15, 0.2) is 0 Å². The van der Waals surface area contributed by atoms with Crippen LogP contribution in [0.1, 0.15) is 77.5 Å². The third-order valence-corrected chi connectivity index (χ3v) is 7.64. The van der Waals surface area contributed by atoms with Gasteiger partial charge in [-0.3, -0.25) is 9.59 Å². The Kier molecular flexibility index (Phi) is 9.19. The molecule has 1 N–H and O–H groups in total. The van der Waals surface area contributed by atoms with Crippen molar-refractivity contribution < 1.29 is 9.59 Å². The molecular weight excluding hydrogens is 426 g/mol. The van der Waals surface area contributed by atoms with E-state index in [0.717, 1.165) is 64.0 Å². The van der Waals surface area contributed by atoms with E-state index in [1.807, 2.05) is 9.80 Å². The molecule has 2 fully saturated rings. The van der Waals surface area contributed by atoms with E-state index in [1.165, 1.54) is 11.5 Å². The van der Waals surface area contributed by atoms with Gasteiger partial charge >= 0.3 is 0 Å². The lowest BCUT2D eigenvalue weighted by Crippen LogP contribution is -2.62. The van der Waals surface area contributed by atoms with Crippen LogP contribution in [0, 0.1) is 31.6 Å². The Labute approximate surface area is 206 Å². The number of nitrogens with one attached hydrogen (secondary N) is 1. The summed E-state index contributed by atoms with van der Waals surface area (Å²) in [6.45, 7) is 18.9.